The molecule has 39 heavy (non-hydrogen) atoms. The summed E-state index contributed by atoms with van der Waals surface area (Å²) in [7, 11) is 1.60. The second kappa shape index (κ2) is 10.9. The van der Waals surface area contributed by atoms with E-state index in [1.807, 2.05) is 63.2 Å². The van der Waals surface area contributed by atoms with E-state index in [9.17, 15) is 4.79 Å². The van der Waals surface area contributed by atoms with Gasteiger partial charge in [-0.05, 0) is 78.5 Å². The molecule has 1 unspecified atom stereocenters. The van der Waals surface area contributed by atoms with Crippen LogP contribution in [0.4, 0.5) is 11.6 Å². The summed E-state index contributed by atoms with van der Waals surface area (Å²) in [5, 5.41) is 10.8. The molecule has 4 aromatic rings. The molecule has 2 N–H and O–H groups in total. The van der Waals surface area contributed by atoms with E-state index in [0.29, 0.717) is 39.8 Å². The van der Waals surface area contributed by atoms with Gasteiger partial charge in [0.2, 0.25) is 5.95 Å². The molecule has 9 heteroatoms. The van der Waals surface area contributed by atoms with Crippen molar-refractivity contribution < 1.29 is 14.3 Å². The van der Waals surface area contributed by atoms with Crippen molar-refractivity contribution in [2.45, 2.75) is 40.3 Å². The van der Waals surface area contributed by atoms with Gasteiger partial charge >= 0.3 is 0 Å². The number of nitrogens with zero attached hydrogens (tertiary/aromatic N) is 3. The molecule has 0 bridgehead atoms. The largest absolute Gasteiger partial charge is 0.493 e. The Kier molecular flexibility index (Phi) is 7.43. The predicted molar refractivity (Wildman–Crippen MR) is 155 cm³/mol. The van der Waals surface area contributed by atoms with Gasteiger partial charge in [0, 0.05) is 11.4 Å². The minimum absolute atomic E-state index is 0.229. The molecule has 0 spiro atoms. The van der Waals surface area contributed by atoms with E-state index in [2.05, 4.69) is 55.7 Å². The quantitative estimate of drug-likeness (QED) is 0.257. The number of aromatic nitrogens is 3. The third kappa shape index (κ3) is 5.40. The van der Waals surface area contributed by atoms with Gasteiger partial charge in [-0.15, -0.1) is 0 Å². The van der Waals surface area contributed by atoms with Crippen LogP contribution >= 0.6 is 15.9 Å². The lowest BCUT2D eigenvalue weighted by Crippen LogP contribution is -2.31. The summed E-state index contributed by atoms with van der Waals surface area (Å²) in [6.45, 7) is 8.31. The number of carbonyl (C=O) groups is 1. The minimum Gasteiger partial charge on any atom is -0.493 e. The summed E-state index contributed by atoms with van der Waals surface area (Å²) in [4.78, 5) is 18.1. The maximum absolute atomic E-state index is 13.8. The number of fused-ring (bicyclic) bond motifs is 1. The zero-order valence-electron chi connectivity index (χ0n) is 22.5. The number of nitrogens with one attached hydrogen (secondary N) is 2. The van der Waals surface area contributed by atoms with Gasteiger partial charge in [-0.3, -0.25) is 4.79 Å². The van der Waals surface area contributed by atoms with E-state index in [1.54, 1.807) is 11.8 Å². The average molecular weight is 589 g/mol. The number of halogens is 1. The molecule has 1 aliphatic rings. The Balaban J connectivity index is 1.51. The van der Waals surface area contributed by atoms with Crippen LogP contribution in [0.5, 0.6) is 11.5 Å². The number of methoxy groups -OCH3 is 1. The van der Waals surface area contributed by atoms with Crippen molar-refractivity contribution in [2.24, 2.45) is 0 Å². The molecule has 8 nitrogen and oxygen atoms in total. The predicted octanol–water partition coefficient (Wildman–Crippen LogP) is 6.48. The van der Waals surface area contributed by atoms with Crippen molar-refractivity contribution in [1.82, 2.24) is 14.8 Å². The fourth-order valence-electron chi connectivity index (χ4n) is 4.71. The maximum atomic E-state index is 13.8. The number of anilines is 2. The molecule has 2 heterocycles. The third-order valence-corrected chi connectivity index (χ3v) is 7.33. The molecular formula is C30H30BrN5O3. The molecule has 0 saturated heterocycles. The van der Waals surface area contributed by atoms with Crippen LogP contribution in [0, 0.1) is 20.8 Å². The lowest BCUT2D eigenvalue weighted by molar-refractivity contribution is -0.113. The van der Waals surface area contributed by atoms with E-state index in [0.717, 1.165) is 27.9 Å². The smallest absolute Gasteiger partial charge is 0.255 e. The number of hydrogen-bond acceptors (Lipinski definition) is 6. The van der Waals surface area contributed by atoms with Crippen LogP contribution in [0.2, 0.25) is 0 Å². The standard InChI is InChI=1S/C30H30BrN5O3/c1-17-6-9-21(10-7-17)15-39-28-23(31)13-22(14-25(28)38-5)27-26(20(4)34-30-32-16-33-36(27)30)29(37)35-24-11-8-18(2)12-19(24)3/h6-14,16,27H,15H2,1-5H3,(H,35,37)(H,32,33,34). The topological polar surface area (TPSA) is 90.3 Å². The normalized spacial score (nSPS) is 14.5. The first kappa shape index (κ1) is 26.5. The molecule has 0 radical (unpaired) electrons. The minimum atomic E-state index is -0.550. The molecule has 1 aliphatic heterocycles. The van der Waals surface area contributed by atoms with Gasteiger partial charge in [0.05, 0.1) is 17.2 Å². The Morgan fingerprint density at radius 3 is 2.51 bits per heavy atom. The van der Waals surface area contributed by atoms with Gasteiger partial charge in [0.1, 0.15) is 19.0 Å². The number of allylic oxidation sites excluding steroid dienone is 1. The first-order valence-corrected chi connectivity index (χ1v) is 13.4. The van der Waals surface area contributed by atoms with Crippen LogP contribution in [-0.4, -0.2) is 27.8 Å². The fourth-order valence-corrected chi connectivity index (χ4v) is 5.29. The van der Waals surface area contributed by atoms with Gasteiger partial charge in [-0.25, -0.2) is 4.68 Å². The van der Waals surface area contributed by atoms with E-state index in [1.165, 1.54) is 11.9 Å². The number of aryl methyl sites for hydroxylation is 3. The van der Waals surface area contributed by atoms with Crippen LogP contribution in [0.15, 0.2) is 76.7 Å². The monoisotopic (exact) mass is 587 g/mol. The lowest BCUT2D eigenvalue weighted by atomic mass is 9.94. The van der Waals surface area contributed by atoms with Crippen molar-refractivity contribution in [3.05, 3.63) is 104 Å². The molecule has 5 rings (SSSR count). The van der Waals surface area contributed by atoms with Crippen LogP contribution in [0.1, 0.15) is 40.8 Å². The van der Waals surface area contributed by atoms with E-state index in [-0.39, 0.29) is 5.91 Å². The third-order valence-electron chi connectivity index (χ3n) is 6.74. The zero-order chi connectivity index (χ0) is 27.7. The number of ether oxygens (including phenoxy) is 2. The van der Waals surface area contributed by atoms with Crippen LogP contribution < -0.4 is 20.1 Å². The van der Waals surface area contributed by atoms with Crippen LogP contribution in [-0.2, 0) is 11.4 Å². The number of hydrogen-bond donors (Lipinski definition) is 2. The SMILES string of the molecule is COc1cc(C2C(C(=O)Nc3ccc(C)cc3C)=C(C)Nc3ncnn32)cc(Br)c1OCc1ccc(C)cc1. The average Bonchev–Trinajstić information content (AvgIpc) is 3.37. The molecular weight excluding hydrogens is 558 g/mol. The van der Waals surface area contributed by atoms with Gasteiger partial charge in [0.15, 0.2) is 11.5 Å². The molecule has 3 aromatic carbocycles. The van der Waals surface area contributed by atoms with Crippen molar-refractivity contribution >= 4 is 33.5 Å². The Hall–Kier alpha value is -4.11. The summed E-state index contributed by atoms with van der Waals surface area (Å²) >= 11 is 3.68. The van der Waals surface area contributed by atoms with Crippen LogP contribution in [0.25, 0.3) is 0 Å². The highest BCUT2D eigenvalue weighted by Gasteiger charge is 2.34. The van der Waals surface area contributed by atoms with Crippen molar-refractivity contribution in [3.8, 4) is 11.5 Å². The Morgan fingerprint density at radius 2 is 1.79 bits per heavy atom. The molecule has 1 aromatic heterocycles. The maximum Gasteiger partial charge on any atom is 0.255 e. The second-order valence-corrected chi connectivity index (χ2v) is 10.5. The Labute approximate surface area is 236 Å². The highest BCUT2D eigenvalue weighted by molar-refractivity contribution is 9.10. The summed E-state index contributed by atoms with van der Waals surface area (Å²) in [6, 6.07) is 17.4. The summed E-state index contributed by atoms with van der Waals surface area (Å²) in [5.74, 6) is 1.44. The molecule has 0 fully saturated rings. The molecule has 0 saturated carbocycles. The molecule has 200 valence electrons. The van der Waals surface area contributed by atoms with E-state index < -0.39 is 6.04 Å². The first-order chi connectivity index (χ1) is 18.7. The highest BCUT2D eigenvalue weighted by atomic mass is 79.9. The highest BCUT2D eigenvalue weighted by Crippen LogP contribution is 2.43. The fraction of sp³-hybridized carbons (Fsp3) is 0.233. The summed E-state index contributed by atoms with van der Waals surface area (Å²) in [5.41, 5.74) is 7.13. The van der Waals surface area contributed by atoms with E-state index >= 15 is 0 Å². The van der Waals surface area contributed by atoms with Gasteiger partial charge in [-0.1, -0.05) is 47.5 Å². The Morgan fingerprint density at radius 1 is 1.05 bits per heavy atom. The first-order valence-electron chi connectivity index (χ1n) is 12.6. The molecule has 0 aliphatic carbocycles. The second-order valence-electron chi connectivity index (χ2n) is 9.68. The van der Waals surface area contributed by atoms with Gasteiger partial charge in [-0.2, -0.15) is 10.1 Å². The summed E-state index contributed by atoms with van der Waals surface area (Å²) < 4.78 is 14.3. The number of carbonyl (C=O) groups excluding carboxylic acids is 1. The van der Waals surface area contributed by atoms with Crippen molar-refractivity contribution in [1.29, 1.82) is 0 Å². The number of amides is 1. The Bertz CT molecular complexity index is 1580. The zero-order valence-corrected chi connectivity index (χ0v) is 24.1. The summed E-state index contributed by atoms with van der Waals surface area (Å²) in [6.07, 6.45) is 1.47. The number of benzene rings is 3. The molecule has 1 amide bonds. The van der Waals surface area contributed by atoms with Gasteiger partial charge in [0.25, 0.3) is 5.91 Å². The lowest BCUT2D eigenvalue weighted by Gasteiger charge is -2.29. The van der Waals surface area contributed by atoms with Crippen molar-refractivity contribution in [3.63, 3.8) is 0 Å². The van der Waals surface area contributed by atoms with Crippen molar-refractivity contribution in [2.75, 3.05) is 17.7 Å². The van der Waals surface area contributed by atoms with Crippen LogP contribution in [0.3, 0.4) is 0 Å². The van der Waals surface area contributed by atoms with Gasteiger partial charge < -0.3 is 20.1 Å². The van der Waals surface area contributed by atoms with E-state index in [4.69, 9.17) is 9.47 Å². The molecule has 1 atom stereocenters. The number of rotatable bonds is 7.